The summed E-state index contributed by atoms with van der Waals surface area (Å²) in [5.41, 5.74) is 0.975. The van der Waals surface area contributed by atoms with Gasteiger partial charge in [-0.05, 0) is 18.9 Å². The average Bonchev–Trinajstić information content (AvgIpc) is 2.98. The zero-order valence-corrected chi connectivity index (χ0v) is 9.87. The van der Waals surface area contributed by atoms with Crippen LogP contribution in [0, 0.1) is 6.92 Å². The maximum absolute atomic E-state index is 9.44. The molecule has 2 atom stereocenters. The smallest absolute Gasteiger partial charge is 0.244 e. The van der Waals surface area contributed by atoms with Crippen LogP contribution in [0.25, 0.3) is 11.6 Å². The Balaban J connectivity index is 1.83. The zero-order chi connectivity index (χ0) is 12.5. The van der Waals surface area contributed by atoms with Crippen molar-refractivity contribution in [2.75, 3.05) is 6.54 Å². The molecule has 0 aliphatic carbocycles. The minimum absolute atomic E-state index is 0.0910. The SMILES string of the molecule is Cc1cnc(-c2noc([C@H]3C[C@@H](O)CN3)n2)nc1. The van der Waals surface area contributed by atoms with E-state index in [1.807, 2.05) is 6.92 Å². The molecular formula is C11H13N5O2. The molecule has 0 spiro atoms. The van der Waals surface area contributed by atoms with E-state index in [9.17, 15) is 5.11 Å². The van der Waals surface area contributed by atoms with Crippen molar-refractivity contribution < 1.29 is 9.63 Å². The number of nitrogens with one attached hydrogen (secondary N) is 1. The lowest BCUT2D eigenvalue weighted by Crippen LogP contribution is -2.15. The van der Waals surface area contributed by atoms with Gasteiger partial charge in [-0.3, -0.25) is 0 Å². The Morgan fingerprint density at radius 1 is 1.33 bits per heavy atom. The van der Waals surface area contributed by atoms with Gasteiger partial charge in [-0.2, -0.15) is 4.98 Å². The van der Waals surface area contributed by atoms with E-state index in [1.54, 1.807) is 12.4 Å². The summed E-state index contributed by atoms with van der Waals surface area (Å²) in [7, 11) is 0. The second kappa shape index (κ2) is 4.43. The standard InChI is InChI=1S/C11H13N5O2/c1-6-3-13-9(14-4-6)10-15-11(18-16-10)8-2-7(17)5-12-8/h3-4,7-8,12,17H,2,5H2,1H3/t7-,8-/m1/s1. The lowest BCUT2D eigenvalue weighted by molar-refractivity contribution is 0.191. The molecular weight excluding hydrogens is 234 g/mol. The van der Waals surface area contributed by atoms with Crippen LogP contribution < -0.4 is 5.32 Å². The number of aryl methyl sites for hydroxylation is 1. The molecule has 1 saturated heterocycles. The Morgan fingerprint density at radius 3 is 2.78 bits per heavy atom. The van der Waals surface area contributed by atoms with Crippen molar-refractivity contribution in [3.05, 3.63) is 23.8 Å². The van der Waals surface area contributed by atoms with E-state index in [2.05, 4.69) is 25.4 Å². The fourth-order valence-electron chi connectivity index (χ4n) is 1.88. The van der Waals surface area contributed by atoms with Crippen molar-refractivity contribution in [2.24, 2.45) is 0 Å². The van der Waals surface area contributed by atoms with Gasteiger partial charge in [-0.15, -0.1) is 0 Å². The van der Waals surface area contributed by atoms with E-state index in [0.29, 0.717) is 30.5 Å². The Hall–Kier alpha value is -1.86. The molecule has 0 amide bonds. The summed E-state index contributed by atoms with van der Waals surface area (Å²) in [6, 6.07) is -0.0910. The van der Waals surface area contributed by atoms with Crippen LogP contribution in [0.4, 0.5) is 0 Å². The Morgan fingerprint density at radius 2 is 2.11 bits per heavy atom. The highest BCUT2D eigenvalue weighted by Gasteiger charge is 2.28. The van der Waals surface area contributed by atoms with Gasteiger partial charge in [0.15, 0.2) is 0 Å². The summed E-state index contributed by atoms with van der Waals surface area (Å²) >= 11 is 0. The first-order chi connectivity index (χ1) is 8.72. The lowest BCUT2D eigenvalue weighted by atomic mass is 10.2. The van der Waals surface area contributed by atoms with Gasteiger partial charge in [-0.25, -0.2) is 9.97 Å². The number of hydrogen-bond donors (Lipinski definition) is 2. The van der Waals surface area contributed by atoms with E-state index in [0.717, 1.165) is 5.56 Å². The van der Waals surface area contributed by atoms with Crippen molar-refractivity contribution in [1.29, 1.82) is 0 Å². The highest BCUT2D eigenvalue weighted by atomic mass is 16.5. The van der Waals surface area contributed by atoms with Crippen LogP contribution >= 0.6 is 0 Å². The number of hydrogen-bond acceptors (Lipinski definition) is 7. The summed E-state index contributed by atoms with van der Waals surface area (Å²) < 4.78 is 5.17. The molecule has 0 radical (unpaired) electrons. The van der Waals surface area contributed by atoms with Crippen LogP contribution in [0.15, 0.2) is 16.9 Å². The third-order valence-corrected chi connectivity index (χ3v) is 2.83. The van der Waals surface area contributed by atoms with Crippen molar-refractivity contribution >= 4 is 0 Å². The average molecular weight is 247 g/mol. The highest BCUT2D eigenvalue weighted by molar-refractivity contribution is 5.41. The summed E-state index contributed by atoms with van der Waals surface area (Å²) in [5, 5.41) is 16.4. The zero-order valence-electron chi connectivity index (χ0n) is 9.87. The molecule has 2 aromatic heterocycles. The predicted octanol–water partition coefficient (Wildman–Crippen LogP) is 0.230. The van der Waals surface area contributed by atoms with E-state index < -0.39 is 0 Å². The van der Waals surface area contributed by atoms with E-state index >= 15 is 0 Å². The molecule has 7 heteroatoms. The second-order valence-electron chi connectivity index (χ2n) is 4.39. The van der Waals surface area contributed by atoms with E-state index in [4.69, 9.17) is 4.52 Å². The molecule has 0 bridgehead atoms. The van der Waals surface area contributed by atoms with Crippen LogP contribution in [0.2, 0.25) is 0 Å². The maximum Gasteiger partial charge on any atom is 0.244 e. The number of nitrogens with zero attached hydrogens (tertiary/aromatic N) is 4. The third-order valence-electron chi connectivity index (χ3n) is 2.83. The molecule has 0 unspecified atom stereocenters. The molecule has 7 nitrogen and oxygen atoms in total. The molecule has 3 rings (SSSR count). The first-order valence-corrected chi connectivity index (χ1v) is 5.76. The highest BCUT2D eigenvalue weighted by Crippen LogP contribution is 2.23. The van der Waals surface area contributed by atoms with Gasteiger partial charge in [0.25, 0.3) is 0 Å². The molecule has 1 aliphatic heterocycles. The van der Waals surface area contributed by atoms with Crippen LogP contribution in [0.1, 0.15) is 23.9 Å². The first kappa shape index (κ1) is 11.2. The molecule has 1 aliphatic rings. The Kier molecular flexibility index (Phi) is 2.77. The molecule has 0 saturated carbocycles. The molecule has 3 heterocycles. The summed E-state index contributed by atoms with van der Waals surface area (Å²) in [4.78, 5) is 12.5. The summed E-state index contributed by atoms with van der Waals surface area (Å²) in [6.45, 7) is 2.46. The number of aliphatic hydroxyl groups is 1. The van der Waals surface area contributed by atoms with Gasteiger partial charge in [0, 0.05) is 18.9 Å². The number of β-amino-alcohol motifs (C(OH)–C–C–N with tert-alkyl or cyclic N) is 1. The van der Waals surface area contributed by atoms with Crippen LogP contribution in [-0.4, -0.2) is 37.9 Å². The quantitative estimate of drug-likeness (QED) is 0.784. The minimum atomic E-state index is -0.360. The lowest BCUT2D eigenvalue weighted by Gasteiger charge is -2.01. The van der Waals surface area contributed by atoms with Gasteiger partial charge in [0.1, 0.15) is 0 Å². The molecule has 94 valence electrons. The van der Waals surface area contributed by atoms with E-state index in [-0.39, 0.29) is 12.1 Å². The molecule has 0 aromatic carbocycles. The fourth-order valence-corrected chi connectivity index (χ4v) is 1.88. The summed E-state index contributed by atoms with van der Waals surface area (Å²) in [5.74, 6) is 1.27. The normalized spacial score (nSPS) is 23.4. The van der Waals surface area contributed by atoms with Crippen LogP contribution in [0.5, 0.6) is 0 Å². The van der Waals surface area contributed by atoms with Gasteiger partial charge in [0.05, 0.1) is 12.1 Å². The van der Waals surface area contributed by atoms with Crippen molar-refractivity contribution in [1.82, 2.24) is 25.4 Å². The third kappa shape index (κ3) is 2.09. The predicted molar refractivity (Wildman–Crippen MR) is 61.4 cm³/mol. The largest absolute Gasteiger partial charge is 0.392 e. The van der Waals surface area contributed by atoms with Gasteiger partial charge < -0.3 is 14.9 Å². The maximum atomic E-state index is 9.44. The second-order valence-corrected chi connectivity index (χ2v) is 4.39. The van der Waals surface area contributed by atoms with Crippen molar-refractivity contribution in [2.45, 2.75) is 25.5 Å². The summed E-state index contributed by atoms with van der Waals surface area (Å²) in [6.07, 6.45) is 3.63. The topological polar surface area (TPSA) is 97.0 Å². The van der Waals surface area contributed by atoms with Gasteiger partial charge in [0.2, 0.25) is 17.5 Å². The number of aromatic nitrogens is 4. The monoisotopic (exact) mass is 247 g/mol. The molecule has 18 heavy (non-hydrogen) atoms. The fraction of sp³-hybridized carbons (Fsp3) is 0.455. The van der Waals surface area contributed by atoms with Crippen LogP contribution in [-0.2, 0) is 0 Å². The molecule has 2 N–H and O–H groups in total. The van der Waals surface area contributed by atoms with Crippen LogP contribution in [0.3, 0.4) is 0 Å². The van der Waals surface area contributed by atoms with E-state index in [1.165, 1.54) is 0 Å². The first-order valence-electron chi connectivity index (χ1n) is 5.76. The van der Waals surface area contributed by atoms with Crippen molar-refractivity contribution in [3.8, 4) is 11.6 Å². The molecule has 1 fully saturated rings. The minimum Gasteiger partial charge on any atom is -0.392 e. The molecule has 2 aromatic rings. The Labute approximate surface area is 103 Å². The number of aliphatic hydroxyl groups excluding tert-OH is 1. The number of rotatable bonds is 2. The van der Waals surface area contributed by atoms with Gasteiger partial charge in [-0.1, -0.05) is 5.16 Å². The van der Waals surface area contributed by atoms with Gasteiger partial charge >= 0.3 is 0 Å². The van der Waals surface area contributed by atoms with Crippen molar-refractivity contribution in [3.63, 3.8) is 0 Å². The Bertz CT molecular complexity index is 539.